The molecule has 0 unspecified atom stereocenters. The van der Waals surface area contributed by atoms with Crippen molar-refractivity contribution in [1.29, 1.82) is 0 Å². The van der Waals surface area contributed by atoms with Crippen LogP contribution in [-0.2, 0) is 14.8 Å². The van der Waals surface area contributed by atoms with E-state index in [0.717, 1.165) is 9.87 Å². The van der Waals surface area contributed by atoms with Crippen LogP contribution >= 0.6 is 11.6 Å². The zero-order chi connectivity index (χ0) is 18.3. The van der Waals surface area contributed by atoms with Crippen LogP contribution < -0.4 is 0 Å². The summed E-state index contributed by atoms with van der Waals surface area (Å²) in [5.74, 6) is -0.0145. The minimum Gasteiger partial charge on any atom is -0.298 e. The lowest BCUT2D eigenvalue weighted by molar-refractivity contribution is -0.120. The molecule has 0 aromatic heterocycles. The smallest absolute Gasteiger partial charge is 0.266 e. The van der Waals surface area contributed by atoms with Gasteiger partial charge in [-0.3, -0.25) is 9.79 Å². The number of carbonyl (C=O) groups is 1. The van der Waals surface area contributed by atoms with Crippen molar-refractivity contribution in [1.82, 2.24) is 4.31 Å². The summed E-state index contributed by atoms with van der Waals surface area (Å²) in [6.45, 7) is 8.63. The molecular formula is C17H23ClN2O3S. The molecule has 0 spiro atoms. The first-order valence-electron chi connectivity index (χ1n) is 7.87. The molecule has 0 saturated heterocycles. The maximum Gasteiger partial charge on any atom is 0.266 e. The van der Waals surface area contributed by atoms with Gasteiger partial charge in [0.25, 0.3) is 10.0 Å². The fourth-order valence-electron chi connectivity index (χ4n) is 2.96. The molecule has 0 aliphatic carbocycles. The molecule has 1 aromatic carbocycles. The van der Waals surface area contributed by atoms with Crippen LogP contribution in [0.3, 0.4) is 0 Å². The lowest BCUT2D eigenvalue weighted by Crippen LogP contribution is -2.52. The van der Waals surface area contributed by atoms with E-state index in [4.69, 9.17) is 11.6 Å². The molecule has 5 nitrogen and oxygen atoms in total. The molecule has 0 N–H and O–H groups in total. The van der Waals surface area contributed by atoms with Gasteiger partial charge in [0, 0.05) is 0 Å². The molecule has 0 bridgehead atoms. The van der Waals surface area contributed by atoms with Crippen LogP contribution in [0.15, 0.2) is 34.2 Å². The number of aliphatic imine (C=N–C) groups is 1. The van der Waals surface area contributed by atoms with Crippen LogP contribution in [0.25, 0.3) is 0 Å². The molecule has 1 aliphatic heterocycles. The molecular weight excluding hydrogens is 348 g/mol. The number of Topliss-reactive ketones (excluding diaryl/α,β-unsaturated/α-hetero) is 1. The van der Waals surface area contributed by atoms with Crippen LogP contribution in [0.2, 0.25) is 0 Å². The first-order chi connectivity index (χ1) is 11.0. The minimum atomic E-state index is -3.93. The number of nitrogens with zero attached hydrogens (tertiary/aromatic N) is 2. The number of alkyl halides is 1. The van der Waals surface area contributed by atoms with Crippen LogP contribution in [-0.4, -0.2) is 41.3 Å². The summed E-state index contributed by atoms with van der Waals surface area (Å²) in [7, 11) is -3.93. The van der Waals surface area contributed by atoms with E-state index in [1.54, 1.807) is 38.1 Å². The average Bonchev–Trinajstić information content (AvgIpc) is 2.79. The average molecular weight is 371 g/mol. The summed E-state index contributed by atoms with van der Waals surface area (Å²) in [5.41, 5.74) is 0.0952. The van der Waals surface area contributed by atoms with Crippen molar-refractivity contribution in [2.75, 3.05) is 0 Å². The Morgan fingerprint density at radius 2 is 1.88 bits per heavy atom. The molecule has 24 heavy (non-hydrogen) atoms. The predicted octanol–water partition coefficient (Wildman–Crippen LogP) is 3.15. The maximum absolute atomic E-state index is 13.2. The van der Waals surface area contributed by atoms with Crippen LogP contribution in [0, 0.1) is 6.92 Å². The molecule has 1 aliphatic rings. The number of amidine groups is 1. The van der Waals surface area contributed by atoms with Crippen molar-refractivity contribution in [3.05, 3.63) is 29.8 Å². The Kier molecular flexibility index (Phi) is 5.11. The highest BCUT2D eigenvalue weighted by atomic mass is 35.5. The standard InChI is InChI=1S/C17H23ClN2O3S/c1-6-14(18)16-19-17(4,5)15(12(3)21)20(16)24(22,23)13-9-7-11(2)8-10-13/h7-10,14-15H,6H2,1-5H3/t14-,15+/m1/s1. The molecule has 0 amide bonds. The third-order valence-corrected chi connectivity index (χ3v) is 6.42. The van der Waals surface area contributed by atoms with Crippen molar-refractivity contribution >= 4 is 33.2 Å². The second-order valence-electron chi connectivity index (χ2n) is 6.63. The van der Waals surface area contributed by atoms with Gasteiger partial charge in [0.15, 0.2) is 5.78 Å². The fourth-order valence-corrected chi connectivity index (χ4v) is 4.98. The van der Waals surface area contributed by atoms with E-state index < -0.39 is 27.0 Å². The second-order valence-corrected chi connectivity index (χ2v) is 8.97. The lowest BCUT2D eigenvalue weighted by atomic mass is 9.94. The molecule has 7 heteroatoms. The number of rotatable bonds is 5. The van der Waals surface area contributed by atoms with E-state index in [9.17, 15) is 13.2 Å². The van der Waals surface area contributed by atoms with Gasteiger partial charge < -0.3 is 0 Å². The first kappa shape index (κ1) is 18.9. The summed E-state index contributed by atoms with van der Waals surface area (Å²) in [5, 5.41) is -0.575. The highest BCUT2D eigenvalue weighted by Crippen LogP contribution is 2.36. The summed E-state index contributed by atoms with van der Waals surface area (Å²) >= 11 is 6.33. The highest BCUT2D eigenvalue weighted by Gasteiger charge is 2.51. The number of hydrogen-bond acceptors (Lipinski definition) is 4. The van der Waals surface area contributed by atoms with Crippen molar-refractivity contribution < 1.29 is 13.2 Å². The maximum atomic E-state index is 13.2. The molecule has 2 rings (SSSR count). The van der Waals surface area contributed by atoms with Gasteiger partial charge in [-0.05, 0) is 46.2 Å². The topological polar surface area (TPSA) is 66.8 Å². The Morgan fingerprint density at radius 1 is 1.33 bits per heavy atom. The zero-order valence-electron chi connectivity index (χ0n) is 14.6. The summed E-state index contributed by atoms with van der Waals surface area (Å²) in [6.07, 6.45) is 0.515. The van der Waals surface area contributed by atoms with E-state index in [1.165, 1.54) is 6.92 Å². The Labute approximate surface area is 148 Å². The number of sulfonamides is 1. The number of hydrogen-bond donors (Lipinski definition) is 0. The summed E-state index contributed by atoms with van der Waals surface area (Å²) < 4.78 is 27.6. The van der Waals surface area contributed by atoms with Gasteiger partial charge in [0.05, 0.1) is 15.8 Å². The monoisotopic (exact) mass is 370 g/mol. The third-order valence-electron chi connectivity index (χ3n) is 4.13. The zero-order valence-corrected chi connectivity index (χ0v) is 16.1. The van der Waals surface area contributed by atoms with Gasteiger partial charge >= 0.3 is 0 Å². The van der Waals surface area contributed by atoms with E-state index in [1.807, 2.05) is 13.8 Å². The molecule has 1 heterocycles. The van der Waals surface area contributed by atoms with Crippen molar-refractivity contribution in [3.8, 4) is 0 Å². The molecule has 0 fully saturated rings. The summed E-state index contributed by atoms with van der Waals surface area (Å²) in [4.78, 5) is 16.9. The van der Waals surface area contributed by atoms with Crippen LogP contribution in [0.4, 0.5) is 0 Å². The van der Waals surface area contributed by atoms with Crippen molar-refractivity contribution in [3.63, 3.8) is 0 Å². The number of benzene rings is 1. The molecule has 2 atom stereocenters. The van der Waals surface area contributed by atoms with Gasteiger partial charge in [-0.15, -0.1) is 11.6 Å². The lowest BCUT2D eigenvalue weighted by Gasteiger charge is -2.31. The van der Waals surface area contributed by atoms with E-state index in [2.05, 4.69) is 4.99 Å². The number of halogens is 1. The van der Waals surface area contributed by atoms with E-state index in [-0.39, 0.29) is 16.5 Å². The number of carbonyl (C=O) groups excluding carboxylic acids is 1. The predicted molar refractivity (Wildman–Crippen MR) is 96.1 cm³/mol. The largest absolute Gasteiger partial charge is 0.298 e. The highest BCUT2D eigenvalue weighted by molar-refractivity contribution is 7.89. The molecule has 132 valence electrons. The normalized spacial score (nSPS) is 21.5. The fraction of sp³-hybridized carbons (Fsp3) is 0.529. The summed E-state index contributed by atoms with van der Waals surface area (Å²) in [6, 6.07) is 5.64. The molecule has 1 aromatic rings. The Bertz CT molecular complexity index is 770. The quantitative estimate of drug-likeness (QED) is 0.748. The molecule has 0 saturated carbocycles. The minimum absolute atomic E-state index is 0.129. The van der Waals surface area contributed by atoms with E-state index >= 15 is 0 Å². The SMILES string of the molecule is CC[C@@H](Cl)C1=NC(C)(C)[C@H](C(C)=O)N1S(=O)(=O)c1ccc(C)cc1. The van der Waals surface area contributed by atoms with Gasteiger partial charge in [-0.2, -0.15) is 0 Å². The van der Waals surface area contributed by atoms with Crippen molar-refractivity contribution in [2.45, 2.75) is 62.9 Å². The number of aryl methyl sites for hydroxylation is 1. The first-order valence-corrected chi connectivity index (χ1v) is 9.75. The second kappa shape index (κ2) is 6.48. The van der Waals surface area contributed by atoms with Crippen LogP contribution in [0.1, 0.15) is 39.7 Å². The molecule has 0 radical (unpaired) electrons. The Hall–Kier alpha value is -1.40. The van der Waals surface area contributed by atoms with Crippen LogP contribution in [0.5, 0.6) is 0 Å². The van der Waals surface area contributed by atoms with Crippen molar-refractivity contribution in [2.24, 2.45) is 4.99 Å². The van der Waals surface area contributed by atoms with Gasteiger partial charge in [0.1, 0.15) is 11.9 Å². The van der Waals surface area contributed by atoms with Gasteiger partial charge in [0.2, 0.25) is 0 Å². The Morgan fingerprint density at radius 3 is 2.33 bits per heavy atom. The Balaban J connectivity index is 2.63. The van der Waals surface area contributed by atoms with E-state index in [0.29, 0.717) is 6.42 Å². The number of ketones is 1. The van der Waals surface area contributed by atoms with Gasteiger partial charge in [-0.1, -0.05) is 24.6 Å². The van der Waals surface area contributed by atoms with Gasteiger partial charge in [-0.25, -0.2) is 12.7 Å². The third kappa shape index (κ3) is 3.22.